The molecule has 2 fully saturated rings. The van der Waals surface area contributed by atoms with Gasteiger partial charge in [0, 0.05) is 18.3 Å². The van der Waals surface area contributed by atoms with Gasteiger partial charge in [-0.2, -0.15) is 12.6 Å². The van der Waals surface area contributed by atoms with Crippen molar-refractivity contribution in [1.29, 1.82) is 0 Å². The summed E-state index contributed by atoms with van der Waals surface area (Å²) in [6.07, 6.45) is 1.20. The maximum absolute atomic E-state index is 12.9. The number of esters is 1. The monoisotopic (exact) mass is 385 g/mol. The minimum atomic E-state index is -0.807. The minimum absolute atomic E-state index is 0.00208. The van der Waals surface area contributed by atoms with E-state index in [-0.39, 0.29) is 49.7 Å². The number of carbonyl (C=O) groups excluding carboxylic acids is 3. The van der Waals surface area contributed by atoms with Crippen LogP contribution in [0.1, 0.15) is 13.3 Å². The first-order valence-electron chi connectivity index (χ1n) is 8.31. The lowest BCUT2D eigenvalue weighted by molar-refractivity contribution is -0.146. The summed E-state index contributed by atoms with van der Waals surface area (Å²) >= 11 is 4.37. The lowest BCUT2D eigenvalue weighted by atomic mass is 10.1. The van der Waals surface area contributed by atoms with Crippen LogP contribution in [0.5, 0.6) is 0 Å². The largest absolute Gasteiger partial charge is 0.465 e. The van der Waals surface area contributed by atoms with E-state index in [4.69, 9.17) is 14.7 Å². The van der Waals surface area contributed by atoms with Gasteiger partial charge in [0.05, 0.1) is 18.9 Å². The Bertz CT molecular complexity index is 611. The maximum Gasteiger partial charge on any atom is 0.410 e. The summed E-state index contributed by atoms with van der Waals surface area (Å²) in [7, 11) is 0. The molecule has 2 rings (SSSR count). The summed E-state index contributed by atoms with van der Waals surface area (Å²) in [6, 6.07) is -0.740. The van der Waals surface area contributed by atoms with Crippen LogP contribution < -0.4 is 0 Å². The third kappa shape index (κ3) is 4.29. The van der Waals surface area contributed by atoms with Crippen LogP contribution in [0, 0.1) is 5.92 Å². The molecular formula is C16H23N3O6S. The van der Waals surface area contributed by atoms with Crippen LogP contribution in [-0.2, 0) is 19.1 Å². The Kier molecular flexibility index (Phi) is 6.90. The number of nitrogens with zero attached hydrogens (tertiary/aromatic N) is 3. The summed E-state index contributed by atoms with van der Waals surface area (Å²) in [6.45, 7) is 5.71. The number of amides is 2. The molecule has 10 heteroatoms. The van der Waals surface area contributed by atoms with Crippen molar-refractivity contribution in [3.63, 3.8) is 0 Å². The van der Waals surface area contributed by atoms with Gasteiger partial charge in [-0.1, -0.05) is 17.8 Å². The Morgan fingerprint density at radius 2 is 2.12 bits per heavy atom. The quantitative estimate of drug-likeness (QED) is 0.235. The summed E-state index contributed by atoms with van der Waals surface area (Å²) in [4.78, 5) is 39.8. The second kappa shape index (κ2) is 8.93. The molecule has 2 amide bonds. The molecule has 2 heterocycles. The molecule has 2 aliphatic heterocycles. The van der Waals surface area contributed by atoms with Crippen LogP contribution in [-0.4, -0.2) is 82.8 Å². The van der Waals surface area contributed by atoms with Crippen molar-refractivity contribution in [1.82, 2.24) is 9.80 Å². The smallest absolute Gasteiger partial charge is 0.410 e. The van der Waals surface area contributed by atoms with Crippen molar-refractivity contribution in [3.8, 4) is 0 Å². The van der Waals surface area contributed by atoms with Crippen LogP contribution in [0.4, 0.5) is 4.79 Å². The van der Waals surface area contributed by atoms with Gasteiger partial charge in [0.15, 0.2) is 0 Å². The third-order valence-electron chi connectivity index (χ3n) is 4.29. The third-order valence-corrected chi connectivity index (χ3v) is 4.67. The Hall–Kier alpha value is -2.23. The van der Waals surface area contributed by atoms with Gasteiger partial charge in [-0.15, -0.1) is 0 Å². The number of oxime groups is 1. The fourth-order valence-electron chi connectivity index (χ4n) is 3.09. The molecule has 1 N–H and O–H groups in total. The molecule has 2 aliphatic rings. The summed E-state index contributed by atoms with van der Waals surface area (Å²) < 4.78 is 9.98. The van der Waals surface area contributed by atoms with Gasteiger partial charge in [-0.25, -0.2) is 4.79 Å². The van der Waals surface area contributed by atoms with E-state index in [1.54, 1.807) is 6.92 Å². The van der Waals surface area contributed by atoms with E-state index in [2.05, 4.69) is 24.4 Å². The Morgan fingerprint density at radius 3 is 2.73 bits per heavy atom. The van der Waals surface area contributed by atoms with Gasteiger partial charge in [0.2, 0.25) is 5.91 Å². The van der Waals surface area contributed by atoms with E-state index in [9.17, 15) is 14.4 Å². The number of rotatable bonds is 5. The zero-order valence-electron chi connectivity index (χ0n) is 14.5. The van der Waals surface area contributed by atoms with Crippen molar-refractivity contribution in [2.24, 2.45) is 11.1 Å². The summed E-state index contributed by atoms with van der Waals surface area (Å²) in [5.74, 6) is -1.69. The first kappa shape index (κ1) is 20.1. The van der Waals surface area contributed by atoms with Gasteiger partial charge in [-0.3, -0.25) is 14.5 Å². The lowest BCUT2D eigenvalue weighted by Crippen LogP contribution is -2.47. The first-order valence-corrected chi connectivity index (χ1v) is 8.83. The second-order valence-electron chi connectivity index (χ2n) is 6.04. The zero-order valence-corrected chi connectivity index (χ0v) is 15.4. The molecule has 0 spiro atoms. The van der Waals surface area contributed by atoms with Crippen LogP contribution >= 0.6 is 12.6 Å². The van der Waals surface area contributed by atoms with Gasteiger partial charge in [0.1, 0.15) is 18.6 Å². The Labute approximate surface area is 157 Å². The highest BCUT2D eigenvalue weighted by molar-refractivity contribution is 7.81. The van der Waals surface area contributed by atoms with Crippen molar-refractivity contribution < 1.29 is 29.1 Å². The predicted octanol–water partition coefficient (Wildman–Crippen LogP) is 0.533. The molecule has 0 bridgehead atoms. The molecule has 3 atom stereocenters. The highest BCUT2D eigenvalue weighted by atomic mass is 32.1. The topological polar surface area (TPSA) is 109 Å². The number of hydrogen-bond acceptors (Lipinski definition) is 8. The highest BCUT2D eigenvalue weighted by Gasteiger charge is 2.45. The van der Waals surface area contributed by atoms with E-state index >= 15 is 0 Å². The number of hydrogen-bond donors (Lipinski definition) is 2. The maximum atomic E-state index is 12.9. The summed E-state index contributed by atoms with van der Waals surface area (Å²) in [5, 5.41) is 12.1. The molecule has 0 radical (unpaired) electrons. The van der Waals surface area contributed by atoms with Crippen molar-refractivity contribution in [2.75, 3.05) is 32.8 Å². The van der Waals surface area contributed by atoms with E-state index in [0.717, 1.165) is 0 Å². The fraction of sp³-hybridized carbons (Fsp3) is 0.625. The molecular weight excluding hydrogens is 362 g/mol. The van der Waals surface area contributed by atoms with Gasteiger partial charge in [0.25, 0.3) is 0 Å². The first-order chi connectivity index (χ1) is 12.4. The van der Waals surface area contributed by atoms with Gasteiger partial charge in [-0.05, 0) is 13.3 Å². The predicted molar refractivity (Wildman–Crippen MR) is 95.4 cm³/mol. The molecule has 0 aromatic rings. The SMILES string of the molecule is C=CCOC(=O)N1C[C@@H](S)C[C@H]1C(=O)N1C/C(=N/O)C(C(=O)OCC)C1. The molecule has 9 nitrogen and oxygen atoms in total. The van der Waals surface area contributed by atoms with E-state index in [0.29, 0.717) is 6.42 Å². The van der Waals surface area contributed by atoms with Crippen LogP contribution in [0.25, 0.3) is 0 Å². The van der Waals surface area contributed by atoms with Crippen molar-refractivity contribution >= 4 is 36.3 Å². The molecule has 1 unspecified atom stereocenters. The highest BCUT2D eigenvalue weighted by Crippen LogP contribution is 2.26. The molecule has 0 saturated carbocycles. The van der Waals surface area contributed by atoms with Crippen LogP contribution in [0.15, 0.2) is 17.8 Å². The summed E-state index contributed by atoms with van der Waals surface area (Å²) in [5.41, 5.74) is 0.165. The standard InChI is InChI=1S/C16H23N3O6S/c1-3-5-25-16(22)19-7-10(26)6-13(19)14(20)18-8-11(12(9-18)17-23)15(21)24-4-2/h3,10-11,13,23,26H,1,4-9H2,2H3/b17-12-/t10-,11?,13-/m0/s1. The molecule has 144 valence electrons. The molecule has 26 heavy (non-hydrogen) atoms. The zero-order chi connectivity index (χ0) is 19.3. The van der Waals surface area contributed by atoms with E-state index in [1.807, 2.05) is 0 Å². The van der Waals surface area contributed by atoms with Crippen molar-refractivity contribution in [2.45, 2.75) is 24.6 Å². The van der Waals surface area contributed by atoms with E-state index < -0.39 is 24.0 Å². The molecule has 2 saturated heterocycles. The van der Waals surface area contributed by atoms with Crippen LogP contribution in [0.2, 0.25) is 0 Å². The minimum Gasteiger partial charge on any atom is -0.465 e. The molecule has 0 aromatic carbocycles. The normalized spacial score (nSPS) is 26.8. The number of carbonyl (C=O) groups is 3. The van der Waals surface area contributed by atoms with E-state index in [1.165, 1.54) is 15.9 Å². The van der Waals surface area contributed by atoms with Gasteiger partial charge < -0.3 is 19.6 Å². The Morgan fingerprint density at radius 1 is 1.38 bits per heavy atom. The number of ether oxygens (including phenoxy) is 2. The average Bonchev–Trinajstić information content (AvgIpc) is 3.23. The van der Waals surface area contributed by atoms with Crippen molar-refractivity contribution in [3.05, 3.63) is 12.7 Å². The number of thiol groups is 1. The van der Waals surface area contributed by atoms with Gasteiger partial charge >= 0.3 is 12.1 Å². The average molecular weight is 385 g/mol. The second-order valence-corrected chi connectivity index (χ2v) is 6.77. The van der Waals surface area contributed by atoms with Crippen LogP contribution in [0.3, 0.4) is 0 Å². The molecule has 0 aliphatic carbocycles. The Balaban J connectivity index is 2.10. The lowest BCUT2D eigenvalue weighted by Gasteiger charge is -2.26. The molecule has 0 aromatic heterocycles. The fourth-order valence-corrected chi connectivity index (χ4v) is 3.47. The number of likely N-dealkylation sites (tertiary alicyclic amines) is 2.